The van der Waals surface area contributed by atoms with E-state index in [1.807, 2.05) is 30.7 Å². The first-order chi connectivity index (χ1) is 8.58. The number of nitrogens with zero attached hydrogens (tertiary/aromatic N) is 2. The van der Waals surface area contributed by atoms with Crippen LogP contribution < -0.4 is 5.43 Å². The number of fused-ring (bicyclic) bond motifs is 2. The van der Waals surface area contributed by atoms with Crippen LogP contribution in [0.3, 0.4) is 0 Å². The Bertz CT molecular complexity index is 836. The Labute approximate surface area is 109 Å². The van der Waals surface area contributed by atoms with Crippen LogP contribution in [0.1, 0.15) is 5.82 Å². The van der Waals surface area contributed by atoms with Crippen molar-refractivity contribution in [2.75, 3.05) is 0 Å². The van der Waals surface area contributed by atoms with Gasteiger partial charge in [-0.05, 0) is 36.6 Å². The second kappa shape index (κ2) is 3.82. The first kappa shape index (κ1) is 11.2. The molecule has 0 aliphatic rings. The Morgan fingerprint density at radius 1 is 1.22 bits per heavy atom. The lowest BCUT2D eigenvalue weighted by atomic mass is 10.2. The predicted molar refractivity (Wildman–Crippen MR) is 74.2 cm³/mol. The van der Waals surface area contributed by atoms with Gasteiger partial charge in [-0.25, -0.2) is 4.98 Å². The molecule has 4 heteroatoms. The number of aryl methyl sites for hydroxylation is 2. The Morgan fingerprint density at radius 2 is 2.00 bits per heavy atom. The molecule has 1 aromatic heterocycles. The number of imidazole rings is 1. The van der Waals surface area contributed by atoms with Gasteiger partial charge in [0.2, 0.25) is 5.43 Å². The van der Waals surface area contributed by atoms with E-state index in [-0.39, 0.29) is 5.43 Å². The van der Waals surface area contributed by atoms with Crippen molar-refractivity contribution >= 4 is 33.4 Å². The molecule has 3 rings (SSSR count). The average Bonchev–Trinajstić information content (AvgIpc) is 2.55. The highest BCUT2D eigenvalue weighted by molar-refractivity contribution is 6.31. The van der Waals surface area contributed by atoms with Crippen LogP contribution in [0.25, 0.3) is 21.8 Å². The SMILES string of the molecule is Cc1nc2c(=O)c3ccc(Cl)cc3ccc2n1C. The molecule has 0 saturated heterocycles. The Kier molecular flexibility index (Phi) is 2.38. The van der Waals surface area contributed by atoms with Gasteiger partial charge in [-0.3, -0.25) is 4.79 Å². The molecule has 0 radical (unpaired) electrons. The molecule has 3 nitrogen and oxygen atoms in total. The van der Waals surface area contributed by atoms with Crippen molar-refractivity contribution in [1.82, 2.24) is 9.55 Å². The fraction of sp³-hybridized carbons (Fsp3) is 0.143. The molecule has 0 fully saturated rings. The summed E-state index contributed by atoms with van der Waals surface area (Å²) in [6.07, 6.45) is 0. The van der Waals surface area contributed by atoms with Crippen LogP contribution in [0.2, 0.25) is 5.02 Å². The van der Waals surface area contributed by atoms with E-state index in [1.165, 1.54) is 0 Å². The molecule has 0 spiro atoms. The van der Waals surface area contributed by atoms with E-state index in [9.17, 15) is 4.79 Å². The van der Waals surface area contributed by atoms with Crippen molar-refractivity contribution in [3.63, 3.8) is 0 Å². The van der Waals surface area contributed by atoms with Gasteiger partial charge >= 0.3 is 0 Å². The normalized spacial score (nSPS) is 11.3. The van der Waals surface area contributed by atoms with Crippen molar-refractivity contribution in [3.05, 3.63) is 51.4 Å². The van der Waals surface area contributed by atoms with Crippen molar-refractivity contribution in [2.24, 2.45) is 7.05 Å². The van der Waals surface area contributed by atoms with Gasteiger partial charge in [0, 0.05) is 17.5 Å². The summed E-state index contributed by atoms with van der Waals surface area (Å²) in [5.41, 5.74) is 1.29. The van der Waals surface area contributed by atoms with Crippen LogP contribution in [-0.2, 0) is 7.05 Å². The van der Waals surface area contributed by atoms with Crippen LogP contribution in [0.15, 0.2) is 35.1 Å². The highest BCUT2D eigenvalue weighted by Crippen LogP contribution is 2.19. The van der Waals surface area contributed by atoms with Crippen molar-refractivity contribution in [3.8, 4) is 0 Å². The summed E-state index contributed by atoms with van der Waals surface area (Å²) in [6.45, 7) is 1.89. The zero-order chi connectivity index (χ0) is 12.9. The molecule has 0 aliphatic carbocycles. The predicted octanol–water partition coefficient (Wildman–Crippen LogP) is 3.05. The lowest BCUT2D eigenvalue weighted by molar-refractivity contribution is 0.886. The standard InChI is InChI=1S/C14H11ClN2O/c1-8-16-13-12(17(8)2)6-3-9-7-10(15)4-5-11(9)14(13)18/h3-7H,1-2H3. The van der Waals surface area contributed by atoms with Gasteiger partial charge in [0.05, 0.1) is 5.52 Å². The van der Waals surface area contributed by atoms with E-state index in [4.69, 9.17) is 11.6 Å². The summed E-state index contributed by atoms with van der Waals surface area (Å²) in [7, 11) is 1.90. The Hall–Kier alpha value is -1.87. The van der Waals surface area contributed by atoms with Crippen molar-refractivity contribution < 1.29 is 0 Å². The van der Waals surface area contributed by atoms with Crippen LogP contribution in [-0.4, -0.2) is 9.55 Å². The lowest BCUT2D eigenvalue weighted by Gasteiger charge is -1.93. The molecule has 90 valence electrons. The van der Waals surface area contributed by atoms with E-state index in [0.717, 1.165) is 16.7 Å². The van der Waals surface area contributed by atoms with Crippen molar-refractivity contribution in [2.45, 2.75) is 6.92 Å². The van der Waals surface area contributed by atoms with Gasteiger partial charge < -0.3 is 4.57 Å². The van der Waals surface area contributed by atoms with E-state index < -0.39 is 0 Å². The first-order valence-electron chi connectivity index (χ1n) is 5.63. The molecule has 0 bridgehead atoms. The van der Waals surface area contributed by atoms with E-state index >= 15 is 0 Å². The Morgan fingerprint density at radius 3 is 2.78 bits per heavy atom. The third kappa shape index (κ3) is 1.51. The van der Waals surface area contributed by atoms with Gasteiger partial charge in [-0.2, -0.15) is 0 Å². The largest absolute Gasteiger partial charge is 0.331 e. The second-order valence-corrected chi connectivity index (χ2v) is 4.78. The smallest absolute Gasteiger partial charge is 0.214 e. The number of benzene rings is 1. The number of hydrogen-bond acceptors (Lipinski definition) is 2. The summed E-state index contributed by atoms with van der Waals surface area (Å²) < 4.78 is 1.91. The molecular formula is C14H11ClN2O. The average molecular weight is 259 g/mol. The van der Waals surface area contributed by atoms with Gasteiger partial charge in [0.1, 0.15) is 11.3 Å². The van der Waals surface area contributed by atoms with E-state index in [1.54, 1.807) is 18.2 Å². The molecule has 3 aromatic rings. The maximum Gasteiger partial charge on any atom is 0.214 e. The lowest BCUT2D eigenvalue weighted by Crippen LogP contribution is -1.98. The van der Waals surface area contributed by atoms with Gasteiger partial charge in [-0.1, -0.05) is 17.7 Å². The highest BCUT2D eigenvalue weighted by Gasteiger charge is 2.08. The third-order valence-electron chi connectivity index (χ3n) is 3.26. The van der Waals surface area contributed by atoms with Crippen LogP contribution in [0, 0.1) is 6.92 Å². The zero-order valence-corrected chi connectivity index (χ0v) is 10.8. The quantitative estimate of drug-likeness (QED) is 0.621. The van der Waals surface area contributed by atoms with Crippen LogP contribution >= 0.6 is 11.6 Å². The number of halogens is 1. The molecule has 0 amide bonds. The molecular weight excluding hydrogens is 248 g/mol. The topological polar surface area (TPSA) is 34.9 Å². The zero-order valence-electron chi connectivity index (χ0n) is 10.1. The number of aromatic nitrogens is 2. The minimum absolute atomic E-state index is 0.0506. The van der Waals surface area contributed by atoms with E-state index in [0.29, 0.717) is 15.9 Å². The van der Waals surface area contributed by atoms with Crippen molar-refractivity contribution in [1.29, 1.82) is 0 Å². The molecule has 2 aromatic carbocycles. The fourth-order valence-corrected chi connectivity index (χ4v) is 2.34. The molecule has 18 heavy (non-hydrogen) atoms. The first-order valence-corrected chi connectivity index (χ1v) is 6.01. The molecule has 0 aliphatic heterocycles. The summed E-state index contributed by atoms with van der Waals surface area (Å²) >= 11 is 5.95. The maximum absolute atomic E-state index is 12.4. The van der Waals surface area contributed by atoms with Crippen LogP contribution in [0.5, 0.6) is 0 Å². The highest BCUT2D eigenvalue weighted by atomic mass is 35.5. The molecule has 0 N–H and O–H groups in total. The molecule has 0 saturated carbocycles. The summed E-state index contributed by atoms with van der Waals surface area (Å²) in [5.74, 6) is 0.829. The molecule has 0 unspecified atom stereocenters. The summed E-state index contributed by atoms with van der Waals surface area (Å²) in [6, 6.07) is 9.10. The fourth-order valence-electron chi connectivity index (χ4n) is 2.16. The molecule has 1 heterocycles. The summed E-state index contributed by atoms with van der Waals surface area (Å²) in [4.78, 5) is 16.8. The maximum atomic E-state index is 12.4. The van der Waals surface area contributed by atoms with Gasteiger partial charge in [0.25, 0.3) is 0 Å². The molecule has 0 atom stereocenters. The number of hydrogen-bond donors (Lipinski definition) is 0. The third-order valence-corrected chi connectivity index (χ3v) is 3.49. The van der Waals surface area contributed by atoms with Crippen LogP contribution in [0.4, 0.5) is 0 Å². The number of rotatable bonds is 0. The Balaban J connectivity index is 2.62. The minimum atomic E-state index is -0.0506. The van der Waals surface area contributed by atoms with Gasteiger partial charge in [-0.15, -0.1) is 0 Å². The monoisotopic (exact) mass is 258 g/mol. The minimum Gasteiger partial charge on any atom is -0.331 e. The van der Waals surface area contributed by atoms with Gasteiger partial charge in [0.15, 0.2) is 0 Å². The van der Waals surface area contributed by atoms with E-state index in [2.05, 4.69) is 4.98 Å². The summed E-state index contributed by atoms with van der Waals surface area (Å²) in [5, 5.41) is 2.11. The second-order valence-electron chi connectivity index (χ2n) is 4.35.